The molecule has 0 aromatic carbocycles. The van der Waals surface area contributed by atoms with Gasteiger partial charge in [-0.1, -0.05) is 12.8 Å². The van der Waals surface area contributed by atoms with Crippen LogP contribution in [0.4, 0.5) is 0 Å². The van der Waals surface area contributed by atoms with Gasteiger partial charge in [0.05, 0.1) is 13.2 Å². The maximum atomic E-state index is 5.56. The number of hydrazine groups is 1. The van der Waals surface area contributed by atoms with Gasteiger partial charge in [0.2, 0.25) is 0 Å². The number of nitrogens with zero attached hydrogens (tertiary/aromatic N) is 1. The number of rotatable bonds is 5. The van der Waals surface area contributed by atoms with Crippen molar-refractivity contribution in [1.82, 2.24) is 10.4 Å². The number of nitrogens with one attached hydrogen (secondary N) is 1. The van der Waals surface area contributed by atoms with Crippen LogP contribution in [0, 0.1) is 5.92 Å². The molecular weight excluding hydrogens is 190 g/mol. The lowest BCUT2D eigenvalue weighted by atomic mass is 10.1. The lowest BCUT2D eigenvalue weighted by Gasteiger charge is -2.17. The molecule has 2 rings (SSSR count). The molecule has 1 unspecified atom stereocenters. The van der Waals surface area contributed by atoms with Crippen LogP contribution in [-0.2, 0) is 0 Å². The van der Waals surface area contributed by atoms with Gasteiger partial charge in [-0.3, -0.25) is 16.3 Å². The number of pyridine rings is 1. The van der Waals surface area contributed by atoms with E-state index in [0.29, 0.717) is 0 Å². The largest absolute Gasteiger partial charge is 0.495 e. The van der Waals surface area contributed by atoms with Crippen LogP contribution in [0.25, 0.3) is 0 Å². The van der Waals surface area contributed by atoms with Gasteiger partial charge in [-0.2, -0.15) is 0 Å². The molecule has 3 N–H and O–H groups in total. The fourth-order valence-electron chi connectivity index (χ4n) is 1.78. The first-order chi connectivity index (χ1) is 7.35. The highest BCUT2D eigenvalue weighted by molar-refractivity contribution is 5.29. The summed E-state index contributed by atoms with van der Waals surface area (Å²) in [6.45, 7) is 0. The lowest BCUT2D eigenvalue weighted by molar-refractivity contribution is 0.386. The molecule has 1 aliphatic carbocycles. The third-order valence-corrected chi connectivity index (χ3v) is 2.82. The fraction of sp³-hybridized carbons (Fsp3) is 0.545. The molecule has 1 saturated carbocycles. The van der Waals surface area contributed by atoms with E-state index in [1.165, 1.54) is 12.8 Å². The van der Waals surface area contributed by atoms with E-state index in [1.807, 2.05) is 12.1 Å². The van der Waals surface area contributed by atoms with E-state index in [9.17, 15) is 0 Å². The zero-order valence-electron chi connectivity index (χ0n) is 8.94. The van der Waals surface area contributed by atoms with E-state index in [1.54, 1.807) is 13.3 Å². The molecule has 0 saturated heterocycles. The van der Waals surface area contributed by atoms with Crippen LogP contribution in [0.15, 0.2) is 18.3 Å². The average Bonchev–Trinajstić information content (AvgIpc) is 3.10. The second-order valence-electron chi connectivity index (χ2n) is 3.99. The Kier molecular flexibility index (Phi) is 3.18. The zero-order valence-corrected chi connectivity index (χ0v) is 8.94. The minimum Gasteiger partial charge on any atom is -0.495 e. The standard InChI is InChI=1S/C11H17N3O/c1-15-10-3-2-6-13-11(10)9(14-12)7-8-4-5-8/h2-3,6,8-9,14H,4-5,7,12H2,1H3. The number of nitrogens with two attached hydrogens (primary N) is 1. The van der Waals surface area contributed by atoms with Gasteiger partial charge in [0.1, 0.15) is 11.4 Å². The van der Waals surface area contributed by atoms with Gasteiger partial charge >= 0.3 is 0 Å². The van der Waals surface area contributed by atoms with Gasteiger partial charge in [-0.05, 0) is 24.5 Å². The van der Waals surface area contributed by atoms with Crippen molar-refractivity contribution in [2.24, 2.45) is 11.8 Å². The van der Waals surface area contributed by atoms with Crippen molar-refractivity contribution in [3.8, 4) is 5.75 Å². The Morgan fingerprint density at radius 1 is 1.67 bits per heavy atom. The number of ether oxygens (including phenoxy) is 1. The van der Waals surface area contributed by atoms with Crippen molar-refractivity contribution in [2.75, 3.05) is 7.11 Å². The van der Waals surface area contributed by atoms with Crippen LogP contribution in [0.1, 0.15) is 31.0 Å². The predicted octanol–water partition coefficient (Wildman–Crippen LogP) is 1.39. The summed E-state index contributed by atoms with van der Waals surface area (Å²) < 4.78 is 5.27. The number of aromatic nitrogens is 1. The van der Waals surface area contributed by atoms with Crippen LogP contribution < -0.4 is 16.0 Å². The van der Waals surface area contributed by atoms with E-state index < -0.39 is 0 Å². The highest BCUT2D eigenvalue weighted by Crippen LogP contribution is 2.38. The van der Waals surface area contributed by atoms with Crippen LogP contribution in [-0.4, -0.2) is 12.1 Å². The van der Waals surface area contributed by atoms with Crippen LogP contribution in [0.3, 0.4) is 0 Å². The smallest absolute Gasteiger partial charge is 0.142 e. The molecule has 1 aromatic heterocycles. The third kappa shape index (κ3) is 2.46. The van der Waals surface area contributed by atoms with Crippen molar-refractivity contribution in [3.05, 3.63) is 24.0 Å². The van der Waals surface area contributed by atoms with E-state index in [-0.39, 0.29) is 6.04 Å². The first-order valence-corrected chi connectivity index (χ1v) is 5.30. The number of hydrogen-bond donors (Lipinski definition) is 2. The van der Waals surface area contributed by atoms with E-state index in [4.69, 9.17) is 10.6 Å². The molecule has 4 heteroatoms. The Bertz CT molecular complexity index is 325. The monoisotopic (exact) mass is 207 g/mol. The first-order valence-electron chi connectivity index (χ1n) is 5.30. The second kappa shape index (κ2) is 4.59. The van der Waals surface area contributed by atoms with E-state index in [0.717, 1.165) is 23.8 Å². The Morgan fingerprint density at radius 2 is 2.47 bits per heavy atom. The summed E-state index contributed by atoms with van der Waals surface area (Å²) in [5.41, 5.74) is 3.73. The highest BCUT2D eigenvalue weighted by Gasteiger charge is 2.27. The first kappa shape index (κ1) is 10.4. The molecule has 1 atom stereocenters. The molecule has 0 aliphatic heterocycles. The van der Waals surface area contributed by atoms with Crippen molar-refractivity contribution >= 4 is 0 Å². The summed E-state index contributed by atoms with van der Waals surface area (Å²) in [4.78, 5) is 4.33. The lowest BCUT2D eigenvalue weighted by Crippen LogP contribution is -2.29. The molecule has 1 aliphatic rings. The molecule has 4 nitrogen and oxygen atoms in total. The predicted molar refractivity (Wildman–Crippen MR) is 58.2 cm³/mol. The molecule has 0 radical (unpaired) electrons. The van der Waals surface area contributed by atoms with E-state index >= 15 is 0 Å². The summed E-state index contributed by atoms with van der Waals surface area (Å²) in [6.07, 6.45) is 5.44. The normalized spacial score (nSPS) is 17.5. The minimum absolute atomic E-state index is 0.105. The quantitative estimate of drug-likeness (QED) is 0.566. The maximum Gasteiger partial charge on any atom is 0.142 e. The molecule has 0 spiro atoms. The van der Waals surface area contributed by atoms with Crippen LogP contribution >= 0.6 is 0 Å². The van der Waals surface area contributed by atoms with Gasteiger partial charge in [-0.15, -0.1) is 0 Å². The topological polar surface area (TPSA) is 60.2 Å². The van der Waals surface area contributed by atoms with Gasteiger partial charge in [0.25, 0.3) is 0 Å². The Morgan fingerprint density at radius 3 is 3.07 bits per heavy atom. The average molecular weight is 207 g/mol. The highest BCUT2D eigenvalue weighted by atomic mass is 16.5. The summed E-state index contributed by atoms with van der Waals surface area (Å²) in [5, 5.41) is 0. The molecule has 82 valence electrons. The molecule has 15 heavy (non-hydrogen) atoms. The molecule has 0 bridgehead atoms. The minimum atomic E-state index is 0.105. The molecule has 1 heterocycles. The number of hydrogen-bond acceptors (Lipinski definition) is 4. The summed E-state index contributed by atoms with van der Waals surface area (Å²) in [6, 6.07) is 3.89. The summed E-state index contributed by atoms with van der Waals surface area (Å²) in [7, 11) is 1.66. The number of methoxy groups -OCH3 is 1. The third-order valence-electron chi connectivity index (χ3n) is 2.82. The van der Waals surface area contributed by atoms with Gasteiger partial charge in [-0.25, -0.2) is 0 Å². The van der Waals surface area contributed by atoms with E-state index in [2.05, 4.69) is 10.4 Å². The van der Waals surface area contributed by atoms with Gasteiger partial charge < -0.3 is 4.74 Å². The van der Waals surface area contributed by atoms with Crippen LogP contribution in [0.2, 0.25) is 0 Å². The van der Waals surface area contributed by atoms with Crippen molar-refractivity contribution in [2.45, 2.75) is 25.3 Å². The van der Waals surface area contributed by atoms with Crippen molar-refractivity contribution in [1.29, 1.82) is 0 Å². The Labute approximate surface area is 89.8 Å². The molecular formula is C11H17N3O. The fourth-order valence-corrected chi connectivity index (χ4v) is 1.78. The Balaban J connectivity index is 2.15. The molecule has 1 aromatic rings. The summed E-state index contributed by atoms with van der Waals surface area (Å²) in [5.74, 6) is 7.17. The van der Waals surface area contributed by atoms with Gasteiger partial charge in [0.15, 0.2) is 0 Å². The maximum absolute atomic E-state index is 5.56. The SMILES string of the molecule is COc1cccnc1C(CC1CC1)NN. The zero-order chi connectivity index (χ0) is 10.7. The van der Waals surface area contributed by atoms with Crippen molar-refractivity contribution in [3.63, 3.8) is 0 Å². The Hall–Kier alpha value is -1.13. The second-order valence-corrected chi connectivity index (χ2v) is 3.99. The summed E-state index contributed by atoms with van der Waals surface area (Å²) >= 11 is 0. The molecule has 0 amide bonds. The molecule has 1 fully saturated rings. The van der Waals surface area contributed by atoms with Crippen LogP contribution in [0.5, 0.6) is 5.75 Å². The van der Waals surface area contributed by atoms with Gasteiger partial charge in [0, 0.05) is 6.20 Å². The van der Waals surface area contributed by atoms with Crippen molar-refractivity contribution < 1.29 is 4.74 Å².